The highest BCUT2D eigenvalue weighted by Gasteiger charge is 1.86. The van der Waals surface area contributed by atoms with Crippen molar-refractivity contribution in [2.24, 2.45) is 9.98 Å². The number of hydrogen-bond acceptors (Lipinski definition) is 2. The Kier molecular flexibility index (Phi) is 4.50. The first kappa shape index (κ1) is 9.44. The minimum atomic E-state index is 0.208. The summed E-state index contributed by atoms with van der Waals surface area (Å²) in [6.45, 7) is 5.01. The van der Waals surface area contributed by atoms with E-state index in [9.17, 15) is 0 Å². The van der Waals surface area contributed by atoms with Gasteiger partial charge in [0, 0.05) is 11.8 Å². The van der Waals surface area contributed by atoms with Crippen LogP contribution in [0.3, 0.4) is 0 Å². The number of aliphatic imine (C=N–C) groups is 2. The van der Waals surface area contributed by atoms with Gasteiger partial charge in [0.2, 0.25) is 0 Å². The van der Waals surface area contributed by atoms with Crippen LogP contribution in [0.25, 0.3) is 0 Å². The monoisotopic (exact) mass is 150 g/mol. The first-order valence-corrected chi connectivity index (χ1v) is 2.96. The number of terminal acetylenes is 1. The van der Waals surface area contributed by atoms with Crippen LogP contribution in [0.15, 0.2) is 21.8 Å². The molecular formula is C8H10N2O. The highest BCUT2D eigenvalue weighted by Crippen LogP contribution is 1.90. The van der Waals surface area contributed by atoms with Crippen LogP contribution < -0.4 is 0 Å². The summed E-state index contributed by atoms with van der Waals surface area (Å²) >= 11 is 0. The van der Waals surface area contributed by atoms with Crippen molar-refractivity contribution in [1.29, 1.82) is 0 Å². The van der Waals surface area contributed by atoms with E-state index in [1.165, 1.54) is 13.3 Å². The maximum absolute atomic E-state index is 5.07. The number of rotatable bonds is 1. The fourth-order valence-electron chi connectivity index (χ4n) is 0.347. The van der Waals surface area contributed by atoms with Crippen molar-refractivity contribution >= 4 is 12.7 Å². The van der Waals surface area contributed by atoms with E-state index in [1.54, 1.807) is 6.92 Å². The Morgan fingerprint density at radius 1 is 1.73 bits per heavy atom. The topological polar surface area (TPSA) is 34.0 Å². The first-order valence-electron chi connectivity index (χ1n) is 2.96. The van der Waals surface area contributed by atoms with E-state index in [1.807, 2.05) is 0 Å². The van der Waals surface area contributed by atoms with Gasteiger partial charge in [-0.15, -0.1) is 6.42 Å². The molecule has 0 saturated heterocycles. The zero-order valence-electron chi connectivity index (χ0n) is 6.66. The summed E-state index contributed by atoms with van der Waals surface area (Å²) in [6.07, 6.45) is 6.56. The lowest BCUT2D eigenvalue weighted by Gasteiger charge is -1.92. The van der Waals surface area contributed by atoms with E-state index >= 15 is 0 Å². The average molecular weight is 150 g/mol. The van der Waals surface area contributed by atoms with E-state index in [0.717, 1.165) is 0 Å². The van der Waals surface area contributed by atoms with Crippen LogP contribution in [0.4, 0.5) is 0 Å². The quantitative estimate of drug-likeness (QED) is 0.314. The number of allylic oxidation sites excluding steroid dienone is 1. The minimum absolute atomic E-state index is 0.208. The second kappa shape index (κ2) is 5.24. The molecule has 0 rings (SSSR count). The lowest BCUT2D eigenvalue weighted by Crippen LogP contribution is -1.94. The Morgan fingerprint density at radius 2 is 2.36 bits per heavy atom. The molecule has 0 aliphatic heterocycles. The summed E-state index contributed by atoms with van der Waals surface area (Å²) in [5.41, 5.74) is 0.711. The molecule has 0 bridgehead atoms. The molecule has 0 aromatic carbocycles. The zero-order chi connectivity index (χ0) is 8.69. The van der Waals surface area contributed by atoms with Crippen LogP contribution >= 0.6 is 0 Å². The molecule has 0 aromatic heterocycles. The highest BCUT2D eigenvalue weighted by atomic mass is 16.5. The summed E-state index contributed by atoms with van der Waals surface area (Å²) in [5.74, 6) is 2.40. The van der Waals surface area contributed by atoms with Crippen LogP contribution in [0.2, 0.25) is 0 Å². The number of ether oxygens (including phenoxy) is 1. The normalized spacial score (nSPS) is 12.1. The van der Waals surface area contributed by atoms with Gasteiger partial charge < -0.3 is 4.74 Å². The van der Waals surface area contributed by atoms with Crippen molar-refractivity contribution in [3.8, 4) is 12.3 Å². The molecule has 0 aromatic rings. The van der Waals surface area contributed by atoms with E-state index < -0.39 is 0 Å². The van der Waals surface area contributed by atoms with E-state index in [0.29, 0.717) is 5.57 Å². The van der Waals surface area contributed by atoms with Crippen LogP contribution in [-0.4, -0.2) is 19.8 Å². The average Bonchev–Trinajstić information content (AvgIpc) is 2.06. The summed E-state index contributed by atoms with van der Waals surface area (Å²) < 4.78 is 4.70. The van der Waals surface area contributed by atoms with Gasteiger partial charge in [-0.05, 0) is 13.6 Å². The smallest absolute Gasteiger partial charge is 0.315 e. The summed E-state index contributed by atoms with van der Waals surface area (Å²) in [7, 11) is 1.46. The molecule has 0 saturated carbocycles. The van der Waals surface area contributed by atoms with Crippen LogP contribution in [0.5, 0.6) is 0 Å². The molecule has 0 radical (unpaired) electrons. The van der Waals surface area contributed by atoms with Gasteiger partial charge in [-0.25, -0.2) is 9.98 Å². The van der Waals surface area contributed by atoms with Gasteiger partial charge >= 0.3 is 6.02 Å². The van der Waals surface area contributed by atoms with Crippen LogP contribution in [-0.2, 0) is 4.74 Å². The van der Waals surface area contributed by atoms with Crippen molar-refractivity contribution in [3.05, 3.63) is 11.8 Å². The minimum Gasteiger partial charge on any atom is -0.467 e. The van der Waals surface area contributed by atoms with Crippen molar-refractivity contribution < 1.29 is 4.74 Å². The van der Waals surface area contributed by atoms with Crippen molar-refractivity contribution in [1.82, 2.24) is 0 Å². The van der Waals surface area contributed by atoms with Crippen LogP contribution in [0, 0.1) is 12.3 Å². The Hall–Kier alpha value is -1.56. The van der Waals surface area contributed by atoms with Crippen molar-refractivity contribution in [3.63, 3.8) is 0 Å². The van der Waals surface area contributed by atoms with Crippen molar-refractivity contribution in [2.45, 2.75) is 6.92 Å². The van der Waals surface area contributed by atoms with Gasteiger partial charge in [0.05, 0.1) is 7.11 Å². The Balaban J connectivity index is 4.32. The maximum atomic E-state index is 5.07. The molecule has 0 heterocycles. The van der Waals surface area contributed by atoms with Gasteiger partial charge in [0.25, 0.3) is 0 Å². The van der Waals surface area contributed by atoms with Gasteiger partial charge in [-0.3, -0.25) is 0 Å². The summed E-state index contributed by atoms with van der Waals surface area (Å²) in [5, 5.41) is 0. The SMILES string of the molecule is C#C/C(C)=C/N=C(N=C)OC. The second-order valence-electron chi connectivity index (χ2n) is 1.73. The third kappa shape index (κ3) is 3.93. The second-order valence-corrected chi connectivity index (χ2v) is 1.73. The number of methoxy groups -OCH3 is 1. The Morgan fingerprint density at radius 3 is 2.73 bits per heavy atom. The third-order valence-corrected chi connectivity index (χ3v) is 0.914. The Bertz CT molecular complexity index is 233. The lowest BCUT2D eigenvalue weighted by molar-refractivity contribution is 0.397. The van der Waals surface area contributed by atoms with Gasteiger partial charge in [-0.2, -0.15) is 0 Å². The fraction of sp³-hybridized carbons (Fsp3) is 0.250. The molecule has 0 N–H and O–H groups in total. The van der Waals surface area contributed by atoms with E-state index in [4.69, 9.17) is 11.2 Å². The predicted octanol–water partition coefficient (Wildman–Crippen LogP) is 1.23. The molecule has 0 spiro atoms. The molecule has 0 atom stereocenters. The van der Waals surface area contributed by atoms with E-state index in [2.05, 4.69) is 22.6 Å². The number of amidine groups is 1. The highest BCUT2D eigenvalue weighted by molar-refractivity contribution is 5.78. The third-order valence-electron chi connectivity index (χ3n) is 0.914. The van der Waals surface area contributed by atoms with Gasteiger partial charge in [0.15, 0.2) is 0 Å². The molecule has 0 aliphatic rings. The predicted molar refractivity (Wildman–Crippen MR) is 46.6 cm³/mol. The molecule has 0 unspecified atom stereocenters. The number of hydrogen-bond donors (Lipinski definition) is 0. The first-order chi connectivity index (χ1) is 5.24. The van der Waals surface area contributed by atoms with Crippen LogP contribution in [0.1, 0.15) is 6.92 Å². The zero-order valence-corrected chi connectivity index (χ0v) is 6.66. The number of nitrogens with zero attached hydrogens (tertiary/aromatic N) is 2. The largest absolute Gasteiger partial charge is 0.467 e. The molecule has 11 heavy (non-hydrogen) atoms. The molecule has 3 heteroatoms. The molecule has 0 amide bonds. The molecule has 0 fully saturated rings. The maximum Gasteiger partial charge on any atom is 0.315 e. The molecule has 58 valence electrons. The molecular weight excluding hydrogens is 140 g/mol. The summed E-state index contributed by atoms with van der Waals surface area (Å²) in [4.78, 5) is 7.27. The molecule has 0 aliphatic carbocycles. The van der Waals surface area contributed by atoms with E-state index in [-0.39, 0.29) is 6.02 Å². The summed E-state index contributed by atoms with van der Waals surface area (Å²) in [6, 6.07) is 0.208. The Labute approximate surface area is 66.5 Å². The molecule has 3 nitrogen and oxygen atoms in total. The standard InChI is InChI=1S/C8H10N2O/c1-5-7(2)6-10-8(9-3)11-4/h1,6H,3H2,2,4H3/b7-6+,10-8?. The van der Waals surface area contributed by atoms with Crippen molar-refractivity contribution in [2.75, 3.05) is 7.11 Å². The van der Waals surface area contributed by atoms with Gasteiger partial charge in [-0.1, -0.05) is 5.92 Å². The fourth-order valence-corrected chi connectivity index (χ4v) is 0.347. The van der Waals surface area contributed by atoms with Gasteiger partial charge in [0.1, 0.15) is 0 Å². The lowest BCUT2D eigenvalue weighted by atomic mass is 10.4.